The number of aromatic nitrogens is 1. The van der Waals surface area contributed by atoms with Crippen molar-refractivity contribution in [2.75, 3.05) is 0 Å². The lowest BCUT2D eigenvalue weighted by atomic mass is 9.35. The Morgan fingerprint density at radius 1 is 0.475 bits per heavy atom. The lowest BCUT2D eigenvalue weighted by Crippen LogP contribution is -2.57. The molecule has 3 nitrogen and oxygen atoms in total. The van der Waals surface area contributed by atoms with E-state index >= 15 is 0 Å². The summed E-state index contributed by atoms with van der Waals surface area (Å²) in [5, 5.41) is 2.51. The van der Waals surface area contributed by atoms with Gasteiger partial charge in [0.25, 0.3) is 6.71 Å². The number of benzene rings is 6. The van der Waals surface area contributed by atoms with Crippen LogP contribution in [0.1, 0.15) is 0 Å². The molecule has 0 amide bonds. The molecule has 0 spiro atoms. The summed E-state index contributed by atoms with van der Waals surface area (Å²) in [5.41, 5.74) is 9.26. The first-order valence-electron chi connectivity index (χ1n) is 13.6. The molecule has 2 aliphatic rings. The largest absolute Gasteiger partial charge is 0.458 e. The normalized spacial score (nSPS) is 12.8. The summed E-state index contributed by atoms with van der Waals surface area (Å²) in [6.45, 7) is 0.0709. The molecule has 40 heavy (non-hydrogen) atoms. The van der Waals surface area contributed by atoms with Crippen molar-refractivity contribution in [2.24, 2.45) is 0 Å². The fraction of sp³-hybridized carbons (Fsp3) is 0. The average Bonchev–Trinajstić information content (AvgIpc) is 3.35. The Labute approximate surface area is 231 Å². The molecule has 0 unspecified atom stereocenters. The van der Waals surface area contributed by atoms with E-state index in [4.69, 9.17) is 9.47 Å². The summed E-state index contributed by atoms with van der Waals surface area (Å²) in [6.07, 6.45) is 0. The maximum atomic E-state index is 6.59. The molecule has 186 valence electrons. The van der Waals surface area contributed by atoms with Gasteiger partial charge in [0.1, 0.15) is 23.0 Å². The Morgan fingerprint density at radius 3 is 1.88 bits per heavy atom. The van der Waals surface area contributed by atoms with E-state index < -0.39 is 0 Å². The summed E-state index contributed by atoms with van der Waals surface area (Å²) < 4.78 is 15.2. The van der Waals surface area contributed by atoms with Crippen LogP contribution in [0.15, 0.2) is 133 Å². The molecular formula is C36H22BNO2. The predicted molar refractivity (Wildman–Crippen MR) is 164 cm³/mol. The van der Waals surface area contributed by atoms with E-state index in [1.807, 2.05) is 24.3 Å². The Balaban J connectivity index is 1.25. The maximum Gasteiger partial charge on any atom is 0.260 e. The van der Waals surface area contributed by atoms with Crippen molar-refractivity contribution in [1.29, 1.82) is 0 Å². The van der Waals surface area contributed by atoms with Gasteiger partial charge in [0.2, 0.25) is 0 Å². The molecule has 0 bridgehead atoms. The van der Waals surface area contributed by atoms with Gasteiger partial charge in [-0.1, -0.05) is 91.0 Å². The maximum absolute atomic E-state index is 6.59. The van der Waals surface area contributed by atoms with Crippen LogP contribution in [0.25, 0.3) is 38.6 Å². The van der Waals surface area contributed by atoms with Crippen molar-refractivity contribution < 1.29 is 9.47 Å². The van der Waals surface area contributed by atoms with Gasteiger partial charge in [0, 0.05) is 21.8 Å². The summed E-state index contributed by atoms with van der Waals surface area (Å²) in [7, 11) is 0. The molecule has 0 atom stereocenters. The molecule has 0 saturated heterocycles. The zero-order valence-corrected chi connectivity index (χ0v) is 21.5. The lowest BCUT2D eigenvalue weighted by Gasteiger charge is -2.33. The molecule has 1 aromatic heterocycles. The number of rotatable bonds is 2. The Bertz CT molecular complexity index is 2090. The number of nitrogens with zero attached hydrogens (tertiary/aromatic N) is 1. The predicted octanol–water partition coefficient (Wildman–Crippen LogP) is 7.18. The van der Waals surface area contributed by atoms with Gasteiger partial charge in [0.05, 0.1) is 16.7 Å². The molecule has 0 saturated carbocycles. The van der Waals surface area contributed by atoms with Crippen LogP contribution in [-0.4, -0.2) is 11.3 Å². The highest BCUT2D eigenvalue weighted by Gasteiger charge is 2.39. The van der Waals surface area contributed by atoms with Gasteiger partial charge in [-0.15, -0.1) is 0 Å². The van der Waals surface area contributed by atoms with Crippen molar-refractivity contribution >= 4 is 44.9 Å². The van der Waals surface area contributed by atoms with Gasteiger partial charge in [0.15, 0.2) is 0 Å². The van der Waals surface area contributed by atoms with Crippen LogP contribution in [0, 0.1) is 0 Å². The first kappa shape index (κ1) is 21.7. The van der Waals surface area contributed by atoms with Crippen molar-refractivity contribution in [2.45, 2.75) is 0 Å². The Hall–Kier alpha value is -5.22. The zero-order chi connectivity index (χ0) is 26.2. The smallest absolute Gasteiger partial charge is 0.260 e. The third kappa shape index (κ3) is 2.96. The third-order valence-corrected chi connectivity index (χ3v) is 8.35. The molecule has 3 heterocycles. The topological polar surface area (TPSA) is 23.4 Å². The monoisotopic (exact) mass is 511 g/mol. The highest BCUT2D eigenvalue weighted by atomic mass is 16.5. The van der Waals surface area contributed by atoms with E-state index in [1.165, 1.54) is 27.3 Å². The second-order valence-corrected chi connectivity index (χ2v) is 10.5. The fourth-order valence-electron chi connectivity index (χ4n) is 6.64. The molecule has 0 radical (unpaired) electrons. The quantitative estimate of drug-likeness (QED) is 0.230. The van der Waals surface area contributed by atoms with Crippen LogP contribution in [0.5, 0.6) is 23.0 Å². The number of hydrogen-bond acceptors (Lipinski definition) is 2. The van der Waals surface area contributed by atoms with Crippen LogP contribution >= 0.6 is 0 Å². The zero-order valence-electron chi connectivity index (χ0n) is 21.5. The van der Waals surface area contributed by atoms with E-state index in [9.17, 15) is 0 Å². The van der Waals surface area contributed by atoms with E-state index in [-0.39, 0.29) is 6.71 Å². The number of para-hydroxylation sites is 4. The Kier molecular flexibility index (Phi) is 4.41. The Morgan fingerprint density at radius 2 is 1.07 bits per heavy atom. The second kappa shape index (κ2) is 8.14. The van der Waals surface area contributed by atoms with Crippen LogP contribution in [0.4, 0.5) is 0 Å². The van der Waals surface area contributed by atoms with Gasteiger partial charge in [-0.05, 0) is 59.0 Å². The van der Waals surface area contributed by atoms with Gasteiger partial charge < -0.3 is 14.0 Å². The molecule has 4 heteroatoms. The molecule has 0 N–H and O–H groups in total. The average molecular weight is 511 g/mol. The number of ether oxygens (including phenoxy) is 2. The minimum absolute atomic E-state index is 0.0709. The molecule has 2 aliphatic heterocycles. The third-order valence-electron chi connectivity index (χ3n) is 8.35. The molecule has 0 aliphatic carbocycles. The molecule has 6 aromatic carbocycles. The fourth-order valence-corrected chi connectivity index (χ4v) is 6.64. The van der Waals surface area contributed by atoms with Crippen molar-refractivity contribution in [3.63, 3.8) is 0 Å². The standard InChI is InChI=1S/C36H22BNO2/c1-5-14-29(38-30-15-6-2-11-25(30)26-12-3-7-16-31(26)38)24(10-1)23-20-21-28-35(22-23)40-34-19-9-18-33-36(34)37(28)27-13-4-8-17-32(27)39-33/h1-22H. The summed E-state index contributed by atoms with van der Waals surface area (Å²) in [4.78, 5) is 0. The van der Waals surface area contributed by atoms with Crippen LogP contribution < -0.4 is 25.9 Å². The molecule has 9 rings (SSSR count). The second-order valence-electron chi connectivity index (χ2n) is 10.5. The highest BCUT2D eigenvalue weighted by Crippen LogP contribution is 2.39. The van der Waals surface area contributed by atoms with E-state index in [0.29, 0.717) is 0 Å². The molecule has 0 fully saturated rings. The molecule has 7 aromatic rings. The minimum atomic E-state index is 0.0709. The summed E-state index contributed by atoms with van der Waals surface area (Å²) in [6, 6.07) is 47.0. The van der Waals surface area contributed by atoms with E-state index in [2.05, 4.69) is 114 Å². The van der Waals surface area contributed by atoms with Crippen LogP contribution in [0.2, 0.25) is 0 Å². The van der Waals surface area contributed by atoms with Crippen LogP contribution in [0.3, 0.4) is 0 Å². The number of hydrogen-bond donors (Lipinski definition) is 0. The summed E-state index contributed by atoms with van der Waals surface area (Å²) >= 11 is 0. The minimum Gasteiger partial charge on any atom is -0.458 e. The molecular weight excluding hydrogens is 489 g/mol. The van der Waals surface area contributed by atoms with E-state index in [1.54, 1.807) is 0 Å². The lowest BCUT2D eigenvalue weighted by molar-refractivity contribution is 0.464. The van der Waals surface area contributed by atoms with Crippen LogP contribution in [-0.2, 0) is 0 Å². The SMILES string of the molecule is c1ccc2c(c1)Oc1cccc3c1B2c1ccc(-c2ccccc2-n2c4ccccc4c4ccccc42)cc1O3. The van der Waals surface area contributed by atoms with E-state index in [0.717, 1.165) is 50.7 Å². The van der Waals surface area contributed by atoms with Gasteiger partial charge in [-0.3, -0.25) is 0 Å². The first-order chi connectivity index (χ1) is 19.8. The van der Waals surface area contributed by atoms with Gasteiger partial charge in [-0.2, -0.15) is 0 Å². The van der Waals surface area contributed by atoms with Crippen molar-refractivity contribution in [3.05, 3.63) is 133 Å². The van der Waals surface area contributed by atoms with Gasteiger partial charge >= 0.3 is 0 Å². The van der Waals surface area contributed by atoms with Crippen molar-refractivity contribution in [3.8, 4) is 39.8 Å². The number of fused-ring (bicyclic) bond motifs is 7. The first-order valence-corrected chi connectivity index (χ1v) is 13.6. The van der Waals surface area contributed by atoms with Crippen molar-refractivity contribution in [1.82, 2.24) is 4.57 Å². The highest BCUT2D eigenvalue weighted by molar-refractivity contribution is 6.98. The summed E-state index contributed by atoms with van der Waals surface area (Å²) in [5.74, 6) is 3.52. The van der Waals surface area contributed by atoms with Gasteiger partial charge in [-0.25, -0.2) is 0 Å².